The van der Waals surface area contributed by atoms with Crippen LogP contribution in [0.1, 0.15) is 19.3 Å². The molecular formula is C54H81N3O27. The molecule has 9 unspecified atom stereocenters. The summed E-state index contributed by atoms with van der Waals surface area (Å²) in [6.07, 6.45) is -1.97. The fourth-order valence-corrected chi connectivity index (χ4v) is 8.67. The van der Waals surface area contributed by atoms with E-state index in [4.69, 9.17) is 99.5 Å². The van der Waals surface area contributed by atoms with Crippen molar-refractivity contribution in [2.24, 2.45) is 16.2 Å². The van der Waals surface area contributed by atoms with E-state index in [0.29, 0.717) is 133 Å². The molecule has 0 N–H and O–H groups in total. The molecule has 10 heterocycles. The lowest BCUT2D eigenvalue weighted by Gasteiger charge is -2.32. The van der Waals surface area contributed by atoms with Gasteiger partial charge in [0.2, 0.25) is 0 Å². The average Bonchev–Trinajstić information content (AvgIpc) is 4.42. The molecule has 30 heteroatoms. The van der Waals surface area contributed by atoms with E-state index in [2.05, 4.69) is 0 Å². The lowest BCUT2D eigenvalue weighted by atomic mass is 9.92. The molecular weight excluding hydrogens is 1120 g/mol. The van der Waals surface area contributed by atoms with Crippen molar-refractivity contribution in [3.8, 4) is 0 Å². The third-order valence-corrected chi connectivity index (χ3v) is 14.7. The highest BCUT2D eigenvalue weighted by Crippen LogP contribution is 2.28. The Bertz CT molecular complexity index is 2010. The summed E-state index contributed by atoms with van der Waals surface area (Å²) in [5.41, 5.74) is -6.32. The zero-order chi connectivity index (χ0) is 58.2. The smallest absolute Gasteiger partial charge is 0.336 e. The molecule has 1 aromatic rings. The van der Waals surface area contributed by atoms with Crippen LogP contribution >= 0.6 is 0 Å². The van der Waals surface area contributed by atoms with E-state index in [1.807, 2.05) is 0 Å². The van der Waals surface area contributed by atoms with Crippen molar-refractivity contribution in [2.75, 3.05) is 198 Å². The third-order valence-electron chi connectivity index (χ3n) is 14.7. The zero-order valence-electron chi connectivity index (χ0n) is 47.5. The molecule has 10 rings (SSSR count). The Morgan fingerprint density at radius 1 is 0.298 bits per heavy atom. The zero-order valence-corrected chi connectivity index (χ0v) is 47.5. The van der Waals surface area contributed by atoms with Crippen LogP contribution in [0.5, 0.6) is 0 Å². The number of aromatic nitrogens is 3. The van der Waals surface area contributed by atoms with Gasteiger partial charge >= 0.3 is 35.0 Å². The largest absolute Gasteiger partial charge is 0.465 e. The molecule has 0 spiro atoms. The Morgan fingerprint density at radius 2 is 0.452 bits per heavy atom. The summed E-state index contributed by atoms with van der Waals surface area (Å²) >= 11 is 0. The van der Waals surface area contributed by atoms with Gasteiger partial charge in [-0.1, -0.05) is 0 Å². The van der Waals surface area contributed by atoms with Crippen LogP contribution in [0.2, 0.25) is 0 Å². The highest BCUT2D eigenvalue weighted by atomic mass is 16.7. The van der Waals surface area contributed by atoms with Gasteiger partial charge in [-0.05, 0) is 0 Å². The van der Waals surface area contributed by atoms with E-state index in [-0.39, 0.29) is 134 Å². The number of hydrogen-bond donors (Lipinski definition) is 0. The van der Waals surface area contributed by atoms with Gasteiger partial charge in [-0.3, -0.25) is 14.4 Å². The highest BCUT2D eigenvalue weighted by Gasteiger charge is 2.41. The predicted octanol–water partition coefficient (Wildman–Crippen LogP) is -3.33. The molecule has 0 bridgehead atoms. The fraction of sp³-hybridized carbons (Fsp3) is 0.889. The second kappa shape index (κ2) is 30.8. The van der Waals surface area contributed by atoms with Crippen LogP contribution in [0.25, 0.3) is 0 Å². The SMILES string of the molecule is O=C(CCn1c(=O)n(CCC(=O)OCC(COCC2CO2)(COCC2CO2)COCC2CO2)c(=O)n(CCC(=O)OCC(COCC2CO2)(COCC2CO2)COCC2CO2)c1=O)OCC(COCC1CO1)(COCC1CO1)COCC1CO1. The van der Waals surface area contributed by atoms with Crippen LogP contribution in [0, 0.1) is 16.2 Å². The van der Waals surface area contributed by atoms with Crippen molar-refractivity contribution in [1.82, 2.24) is 13.7 Å². The lowest BCUT2D eigenvalue weighted by molar-refractivity contribution is -0.157. The Kier molecular flexibility index (Phi) is 23.2. The molecule has 1 aromatic heterocycles. The maximum absolute atomic E-state index is 14.3. The van der Waals surface area contributed by atoms with E-state index in [9.17, 15) is 28.8 Å². The number of hydrogen-bond acceptors (Lipinski definition) is 27. The van der Waals surface area contributed by atoms with Gasteiger partial charge in [-0.2, -0.15) is 0 Å². The van der Waals surface area contributed by atoms with Gasteiger partial charge < -0.3 is 99.5 Å². The summed E-state index contributed by atoms with van der Waals surface area (Å²) in [6, 6.07) is 0. The number of esters is 3. The molecule has 0 aliphatic carbocycles. The molecule has 0 amide bonds. The quantitative estimate of drug-likeness (QED) is 0.0350. The summed E-state index contributed by atoms with van der Waals surface area (Å²) in [6.45, 7) is 6.17. The van der Waals surface area contributed by atoms with Crippen LogP contribution < -0.4 is 17.1 Å². The number of rotatable bonds is 51. The van der Waals surface area contributed by atoms with Crippen LogP contribution in [-0.2, 0) is 133 Å². The molecule has 30 nitrogen and oxygen atoms in total. The standard InChI is InChI=1S/C54H81N3O27/c58-46(82-34-52(25-64-7-37-16-73-37,26-65-8-38-17-74-38)27-66-9-39-18-75-39)1-4-55-49(61)56(5-2-47(59)83-35-53(28-67-10-40-19-76-40,29-68-11-41-20-77-41)30-69-12-42-21-78-42)51(63)57(50(55)62)6-3-48(60)84-36-54(31-70-13-43-22-79-43,32-71-14-44-23-80-44)33-72-15-45-24-81-45/h37-45H,1-36H2. The number of epoxide rings is 9. The van der Waals surface area contributed by atoms with Crippen molar-refractivity contribution in [3.63, 3.8) is 0 Å². The number of ether oxygens (including phenoxy) is 21. The summed E-state index contributed by atoms with van der Waals surface area (Å²) in [4.78, 5) is 84.2. The first kappa shape index (κ1) is 63.1. The van der Waals surface area contributed by atoms with Crippen molar-refractivity contribution < 1.29 is 114 Å². The van der Waals surface area contributed by atoms with Crippen LogP contribution in [-0.4, -0.2) is 285 Å². The minimum atomic E-state index is -1.12. The second-order valence-electron chi connectivity index (χ2n) is 23.3. The molecule has 9 aliphatic heterocycles. The minimum Gasteiger partial charge on any atom is -0.465 e. The van der Waals surface area contributed by atoms with E-state index >= 15 is 0 Å². The van der Waals surface area contributed by atoms with Gasteiger partial charge in [-0.25, -0.2) is 28.1 Å². The second-order valence-corrected chi connectivity index (χ2v) is 23.3. The van der Waals surface area contributed by atoms with Gasteiger partial charge in [0.15, 0.2) is 0 Å². The van der Waals surface area contributed by atoms with E-state index in [1.165, 1.54) is 0 Å². The van der Waals surface area contributed by atoms with Crippen LogP contribution in [0.3, 0.4) is 0 Å². The van der Waals surface area contributed by atoms with Crippen molar-refractivity contribution in [2.45, 2.75) is 93.8 Å². The number of nitrogens with zero attached hydrogens (tertiary/aromatic N) is 3. The number of carbonyl (C=O) groups is 3. The molecule has 0 saturated carbocycles. The summed E-state index contributed by atoms with van der Waals surface area (Å²) in [5.74, 6) is -2.41. The summed E-state index contributed by atoms with van der Waals surface area (Å²) in [5, 5.41) is 0. The maximum atomic E-state index is 14.3. The minimum absolute atomic E-state index is 0.0477. The van der Waals surface area contributed by atoms with E-state index in [1.54, 1.807) is 0 Å². The average molecular weight is 1200 g/mol. The van der Waals surface area contributed by atoms with E-state index in [0.717, 1.165) is 0 Å². The molecule has 9 atom stereocenters. The number of carbonyl (C=O) groups excluding carboxylic acids is 3. The molecule has 84 heavy (non-hydrogen) atoms. The normalized spacial score (nSPS) is 27.6. The first-order chi connectivity index (χ1) is 40.9. The Labute approximate surface area is 484 Å². The predicted molar refractivity (Wildman–Crippen MR) is 278 cm³/mol. The van der Waals surface area contributed by atoms with Gasteiger partial charge in [-0.15, -0.1) is 0 Å². The molecule has 9 fully saturated rings. The molecule has 9 aliphatic rings. The maximum Gasteiger partial charge on any atom is 0.336 e. The molecule has 9 saturated heterocycles. The van der Waals surface area contributed by atoms with E-state index < -0.39 is 90.1 Å². The molecule has 474 valence electrons. The summed E-state index contributed by atoms with van der Waals surface area (Å²) < 4.78 is 122. The monoisotopic (exact) mass is 1200 g/mol. The van der Waals surface area contributed by atoms with Gasteiger partial charge in [0.05, 0.1) is 214 Å². The van der Waals surface area contributed by atoms with Crippen LogP contribution in [0.15, 0.2) is 14.4 Å². The summed E-state index contributed by atoms with van der Waals surface area (Å²) in [7, 11) is 0. The van der Waals surface area contributed by atoms with Crippen LogP contribution in [0.4, 0.5) is 0 Å². The van der Waals surface area contributed by atoms with Crippen molar-refractivity contribution >= 4 is 17.9 Å². The molecule has 0 aromatic carbocycles. The van der Waals surface area contributed by atoms with Gasteiger partial charge in [0.1, 0.15) is 74.8 Å². The first-order valence-electron chi connectivity index (χ1n) is 29.1. The Hall–Kier alpha value is -3.90. The highest BCUT2D eigenvalue weighted by molar-refractivity contribution is 5.70. The fourth-order valence-electron chi connectivity index (χ4n) is 8.67. The third kappa shape index (κ3) is 22.7. The lowest BCUT2D eigenvalue weighted by Crippen LogP contribution is -2.55. The van der Waals surface area contributed by atoms with Gasteiger partial charge in [0, 0.05) is 19.6 Å². The first-order valence-corrected chi connectivity index (χ1v) is 29.1. The Morgan fingerprint density at radius 3 is 0.595 bits per heavy atom. The molecule has 0 radical (unpaired) electrons. The topological polar surface area (TPSA) is 341 Å². The Balaban J connectivity index is 0.822. The van der Waals surface area contributed by atoms with Gasteiger partial charge in [0.25, 0.3) is 0 Å². The van der Waals surface area contributed by atoms with Crippen molar-refractivity contribution in [1.29, 1.82) is 0 Å². The van der Waals surface area contributed by atoms with Crippen molar-refractivity contribution in [3.05, 3.63) is 31.5 Å².